The average Bonchev–Trinajstić information content (AvgIpc) is 3.17. The molecule has 8 heteroatoms. The summed E-state index contributed by atoms with van der Waals surface area (Å²) < 4.78 is 7.34. The van der Waals surface area contributed by atoms with Crippen molar-refractivity contribution >= 4 is 17.5 Å². The normalized spacial score (nSPS) is 10.8. The lowest BCUT2D eigenvalue weighted by Crippen LogP contribution is -2.28. The molecule has 0 saturated carbocycles. The molecule has 0 radical (unpaired) electrons. The van der Waals surface area contributed by atoms with Crippen LogP contribution in [0.25, 0.3) is 11.3 Å². The second-order valence-corrected chi connectivity index (χ2v) is 6.33. The molecule has 0 bridgehead atoms. The lowest BCUT2D eigenvalue weighted by molar-refractivity contribution is 0.0942. The number of ether oxygens (including phenoxy) is 1. The fourth-order valence-corrected chi connectivity index (χ4v) is 2.88. The zero-order valence-electron chi connectivity index (χ0n) is 14.8. The standard InChI is InChI=1S/C18H20ClN5O2/c1-11-17(12(2)24(3)23-11)15-10-16(22-21-15)18(25)20-7-8-26-14-6-4-5-13(19)9-14/h4-6,9-10H,7-8H2,1-3H3,(H,20,25)(H,21,22). The van der Waals surface area contributed by atoms with Crippen molar-refractivity contribution in [1.82, 2.24) is 25.3 Å². The molecule has 0 unspecified atom stereocenters. The van der Waals surface area contributed by atoms with E-state index < -0.39 is 0 Å². The summed E-state index contributed by atoms with van der Waals surface area (Å²) in [6, 6.07) is 8.85. The predicted octanol–water partition coefficient (Wildman–Crippen LogP) is 2.89. The number of rotatable bonds is 6. The highest BCUT2D eigenvalue weighted by Gasteiger charge is 2.17. The second kappa shape index (κ2) is 7.61. The predicted molar refractivity (Wildman–Crippen MR) is 99.5 cm³/mol. The minimum Gasteiger partial charge on any atom is -0.492 e. The average molecular weight is 374 g/mol. The van der Waals surface area contributed by atoms with E-state index in [0.717, 1.165) is 17.0 Å². The molecule has 0 aliphatic carbocycles. The van der Waals surface area contributed by atoms with E-state index in [1.165, 1.54) is 0 Å². The number of nitrogens with one attached hydrogen (secondary N) is 2. The Morgan fingerprint density at radius 2 is 2.15 bits per heavy atom. The van der Waals surface area contributed by atoms with E-state index in [4.69, 9.17) is 16.3 Å². The molecule has 136 valence electrons. The van der Waals surface area contributed by atoms with Gasteiger partial charge in [0.15, 0.2) is 0 Å². The Bertz CT molecular complexity index is 932. The molecular weight excluding hydrogens is 354 g/mol. The largest absolute Gasteiger partial charge is 0.492 e. The number of aromatic amines is 1. The third kappa shape index (κ3) is 3.88. The summed E-state index contributed by atoms with van der Waals surface area (Å²) in [6.07, 6.45) is 0. The lowest BCUT2D eigenvalue weighted by Gasteiger charge is -2.07. The van der Waals surface area contributed by atoms with Crippen LogP contribution in [0.2, 0.25) is 5.02 Å². The summed E-state index contributed by atoms with van der Waals surface area (Å²) in [7, 11) is 1.88. The van der Waals surface area contributed by atoms with Crippen molar-refractivity contribution in [3.05, 3.63) is 52.4 Å². The zero-order chi connectivity index (χ0) is 18.7. The van der Waals surface area contributed by atoms with Crippen LogP contribution in [0, 0.1) is 13.8 Å². The van der Waals surface area contributed by atoms with Gasteiger partial charge in [-0.1, -0.05) is 17.7 Å². The van der Waals surface area contributed by atoms with Crippen molar-refractivity contribution < 1.29 is 9.53 Å². The maximum atomic E-state index is 12.2. The van der Waals surface area contributed by atoms with Crippen molar-refractivity contribution in [2.75, 3.05) is 13.2 Å². The van der Waals surface area contributed by atoms with Crippen molar-refractivity contribution in [3.8, 4) is 17.0 Å². The summed E-state index contributed by atoms with van der Waals surface area (Å²) in [5.74, 6) is 0.427. The molecule has 3 rings (SSSR count). The van der Waals surface area contributed by atoms with Crippen LogP contribution in [0.4, 0.5) is 0 Å². The zero-order valence-corrected chi connectivity index (χ0v) is 15.6. The SMILES string of the molecule is Cc1nn(C)c(C)c1-c1cc(C(=O)NCCOc2cccc(Cl)c2)[nH]n1. The number of carbonyl (C=O) groups is 1. The molecule has 2 aromatic heterocycles. The van der Waals surface area contributed by atoms with E-state index in [2.05, 4.69) is 20.6 Å². The molecule has 2 N–H and O–H groups in total. The molecule has 0 aliphatic rings. The van der Waals surface area contributed by atoms with Crippen molar-refractivity contribution in [2.45, 2.75) is 13.8 Å². The number of aryl methyl sites for hydroxylation is 2. The van der Waals surface area contributed by atoms with Crippen LogP contribution in [-0.4, -0.2) is 39.0 Å². The van der Waals surface area contributed by atoms with Gasteiger partial charge in [-0.2, -0.15) is 10.2 Å². The topological polar surface area (TPSA) is 84.8 Å². The van der Waals surface area contributed by atoms with Crippen molar-refractivity contribution in [2.24, 2.45) is 7.05 Å². The van der Waals surface area contributed by atoms with Crippen LogP contribution in [0.1, 0.15) is 21.9 Å². The van der Waals surface area contributed by atoms with Crippen LogP contribution in [0.15, 0.2) is 30.3 Å². The first-order valence-electron chi connectivity index (χ1n) is 8.18. The van der Waals surface area contributed by atoms with E-state index in [1.54, 1.807) is 22.9 Å². The Balaban J connectivity index is 1.57. The van der Waals surface area contributed by atoms with Crippen LogP contribution in [-0.2, 0) is 7.05 Å². The number of benzene rings is 1. The molecule has 0 fully saturated rings. The number of hydrogen-bond acceptors (Lipinski definition) is 4. The number of halogens is 1. The van der Waals surface area contributed by atoms with Crippen molar-refractivity contribution in [1.29, 1.82) is 0 Å². The summed E-state index contributed by atoms with van der Waals surface area (Å²) in [5.41, 5.74) is 3.90. The number of amides is 1. The molecule has 1 aromatic carbocycles. The third-order valence-electron chi connectivity index (χ3n) is 4.04. The number of nitrogens with zero attached hydrogens (tertiary/aromatic N) is 3. The van der Waals surface area contributed by atoms with Gasteiger partial charge in [-0.25, -0.2) is 0 Å². The monoisotopic (exact) mass is 373 g/mol. The maximum Gasteiger partial charge on any atom is 0.269 e. The lowest BCUT2D eigenvalue weighted by atomic mass is 10.1. The van der Waals surface area contributed by atoms with Gasteiger partial charge in [0.05, 0.1) is 17.9 Å². The van der Waals surface area contributed by atoms with Gasteiger partial charge in [-0.15, -0.1) is 0 Å². The summed E-state index contributed by atoms with van der Waals surface area (Å²) in [6.45, 7) is 4.60. The number of hydrogen-bond donors (Lipinski definition) is 2. The molecule has 0 saturated heterocycles. The molecule has 2 heterocycles. The first kappa shape index (κ1) is 18.0. The maximum absolute atomic E-state index is 12.2. The second-order valence-electron chi connectivity index (χ2n) is 5.90. The summed E-state index contributed by atoms with van der Waals surface area (Å²) in [5, 5.41) is 14.8. The Morgan fingerprint density at radius 3 is 2.85 bits per heavy atom. The fourth-order valence-electron chi connectivity index (χ4n) is 2.70. The minimum atomic E-state index is -0.238. The number of carbonyl (C=O) groups excluding carboxylic acids is 1. The van der Waals surface area contributed by atoms with Gasteiger partial charge in [-0.05, 0) is 38.1 Å². The molecule has 3 aromatic rings. The molecule has 1 amide bonds. The Morgan fingerprint density at radius 1 is 1.35 bits per heavy atom. The van der Waals surface area contributed by atoms with E-state index in [0.29, 0.717) is 35.3 Å². The first-order chi connectivity index (χ1) is 12.5. The van der Waals surface area contributed by atoms with Crippen LogP contribution in [0.3, 0.4) is 0 Å². The van der Waals surface area contributed by atoms with Crippen LogP contribution in [0.5, 0.6) is 5.75 Å². The highest BCUT2D eigenvalue weighted by atomic mass is 35.5. The summed E-state index contributed by atoms with van der Waals surface area (Å²) in [4.78, 5) is 12.2. The minimum absolute atomic E-state index is 0.238. The van der Waals surface area contributed by atoms with E-state index in [9.17, 15) is 4.79 Å². The smallest absolute Gasteiger partial charge is 0.269 e. The molecule has 7 nitrogen and oxygen atoms in total. The number of H-pyrrole nitrogens is 1. The van der Waals surface area contributed by atoms with Gasteiger partial charge in [0.1, 0.15) is 18.1 Å². The van der Waals surface area contributed by atoms with Crippen LogP contribution >= 0.6 is 11.6 Å². The van der Waals surface area contributed by atoms with Gasteiger partial charge in [0.2, 0.25) is 0 Å². The molecule has 0 aliphatic heterocycles. The quantitative estimate of drug-likeness (QED) is 0.650. The van der Waals surface area contributed by atoms with Crippen LogP contribution < -0.4 is 10.1 Å². The van der Waals surface area contributed by atoms with Crippen molar-refractivity contribution in [3.63, 3.8) is 0 Å². The highest BCUT2D eigenvalue weighted by molar-refractivity contribution is 6.30. The number of aromatic nitrogens is 4. The van der Waals surface area contributed by atoms with Gasteiger partial charge < -0.3 is 10.1 Å². The third-order valence-corrected chi connectivity index (χ3v) is 4.28. The Kier molecular flexibility index (Phi) is 5.27. The van der Waals surface area contributed by atoms with Gasteiger partial charge in [0.25, 0.3) is 5.91 Å². The Hall–Kier alpha value is -2.80. The Labute approximate surface area is 156 Å². The fraction of sp³-hybridized carbons (Fsp3) is 0.278. The van der Waals surface area contributed by atoms with Gasteiger partial charge in [0, 0.05) is 23.3 Å². The molecule has 0 spiro atoms. The first-order valence-corrected chi connectivity index (χ1v) is 8.56. The van der Waals surface area contributed by atoms with E-state index >= 15 is 0 Å². The van der Waals surface area contributed by atoms with E-state index in [-0.39, 0.29) is 5.91 Å². The van der Waals surface area contributed by atoms with Gasteiger partial charge >= 0.3 is 0 Å². The van der Waals surface area contributed by atoms with E-state index in [1.807, 2.05) is 33.0 Å². The molecule has 26 heavy (non-hydrogen) atoms. The molecule has 0 atom stereocenters. The summed E-state index contributed by atoms with van der Waals surface area (Å²) >= 11 is 5.90. The molecular formula is C18H20ClN5O2. The van der Waals surface area contributed by atoms with Gasteiger partial charge in [-0.3, -0.25) is 14.6 Å². The highest BCUT2D eigenvalue weighted by Crippen LogP contribution is 2.25.